The van der Waals surface area contributed by atoms with Gasteiger partial charge in [-0.05, 0) is 41.5 Å². The van der Waals surface area contributed by atoms with Crippen molar-refractivity contribution in [3.63, 3.8) is 0 Å². The quantitative estimate of drug-likeness (QED) is 0.703. The second kappa shape index (κ2) is 6.02. The van der Waals surface area contributed by atoms with Crippen molar-refractivity contribution in [1.29, 1.82) is 0 Å². The summed E-state index contributed by atoms with van der Waals surface area (Å²) in [6.45, 7) is 0. The molecule has 0 fully saturated rings. The van der Waals surface area contributed by atoms with Gasteiger partial charge >= 0.3 is 0 Å². The number of phenolic OH excluding ortho intramolecular Hbond substituents is 1. The van der Waals surface area contributed by atoms with Gasteiger partial charge in [0.2, 0.25) is 0 Å². The number of aromatic hydroxyl groups is 1. The van der Waals surface area contributed by atoms with E-state index in [1.807, 2.05) is 48.5 Å². The molecule has 0 radical (unpaired) electrons. The molecule has 21 heavy (non-hydrogen) atoms. The minimum atomic E-state index is -0.279. The van der Waals surface area contributed by atoms with Gasteiger partial charge < -0.3 is 5.11 Å². The fourth-order valence-electron chi connectivity index (χ4n) is 2.06. The third-order valence-corrected chi connectivity index (χ3v) is 4.13. The lowest BCUT2D eigenvalue weighted by molar-refractivity contribution is 0.462. The van der Waals surface area contributed by atoms with Crippen LogP contribution >= 0.6 is 11.8 Å². The summed E-state index contributed by atoms with van der Waals surface area (Å²) in [6, 6.07) is 21.8. The lowest BCUT2D eigenvalue weighted by atomic mass is 10.1. The molecule has 0 aromatic heterocycles. The highest BCUT2D eigenvalue weighted by Crippen LogP contribution is 2.37. The third kappa shape index (κ3) is 3.26. The molecule has 3 aromatic carbocycles. The van der Waals surface area contributed by atoms with Gasteiger partial charge in [0.15, 0.2) is 0 Å². The highest BCUT2D eigenvalue weighted by Gasteiger charge is 2.07. The van der Waals surface area contributed by atoms with Gasteiger partial charge in [-0.3, -0.25) is 0 Å². The number of halogens is 1. The van der Waals surface area contributed by atoms with Crippen LogP contribution in [0, 0.1) is 5.82 Å². The average molecular weight is 296 g/mol. The van der Waals surface area contributed by atoms with Crippen LogP contribution in [-0.4, -0.2) is 5.11 Å². The molecule has 104 valence electrons. The van der Waals surface area contributed by atoms with E-state index in [4.69, 9.17) is 0 Å². The van der Waals surface area contributed by atoms with Gasteiger partial charge in [0.1, 0.15) is 11.6 Å². The molecule has 0 aliphatic rings. The molecular formula is C18H13FOS. The first-order valence-electron chi connectivity index (χ1n) is 6.54. The first-order chi connectivity index (χ1) is 10.2. The molecule has 0 heterocycles. The van der Waals surface area contributed by atoms with E-state index < -0.39 is 0 Å². The van der Waals surface area contributed by atoms with Crippen LogP contribution in [-0.2, 0) is 0 Å². The standard InChI is InChI=1S/C18H13FOS/c19-15-7-4-8-16(12-15)21-18-11-14(9-10-17(18)20)13-5-2-1-3-6-13/h1-12,20H. The van der Waals surface area contributed by atoms with Crippen molar-refractivity contribution in [2.45, 2.75) is 9.79 Å². The molecule has 1 N–H and O–H groups in total. The number of hydrogen-bond donors (Lipinski definition) is 1. The van der Waals surface area contributed by atoms with Crippen molar-refractivity contribution in [2.75, 3.05) is 0 Å². The Bertz CT molecular complexity index is 756. The Morgan fingerprint density at radius 3 is 2.33 bits per heavy atom. The molecule has 0 bridgehead atoms. The minimum Gasteiger partial charge on any atom is -0.507 e. The van der Waals surface area contributed by atoms with Crippen LogP contribution in [0.1, 0.15) is 0 Å². The lowest BCUT2D eigenvalue weighted by Crippen LogP contribution is -1.81. The number of hydrogen-bond acceptors (Lipinski definition) is 2. The summed E-state index contributed by atoms with van der Waals surface area (Å²) >= 11 is 1.35. The van der Waals surface area contributed by atoms with E-state index in [9.17, 15) is 9.50 Å². The van der Waals surface area contributed by atoms with Crippen LogP contribution in [0.4, 0.5) is 4.39 Å². The molecular weight excluding hydrogens is 283 g/mol. The van der Waals surface area contributed by atoms with Crippen LogP contribution in [0.25, 0.3) is 11.1 Å². The van der Waals surface area contributed by atoms with E-state index in [2.05, 4.69) is 0 Å². The Kier molecular flexibility index (Phi) is 3.93. The monoisotopic (exact) mass is 296 g/mol. The summed E-state index contributed by atoms with van der Waals surface area (Å²) in [7, 11) is 0. The molecule has 0 saturated heterocycles. The van der Waals surface area contributed by atoms with Gasteiger partial charge in [-0.1, -0.05) is 54.2 Å². The Balaban J connectivity index is 1.95. The van der Waals surface area contributed by atoms with Crippen molar-refractivity contribution < 1.29 is 9.50 Å². The van der Waals surface area contributed by atoms with E-state index in [1.165, 1.54) is 23.9 Å². The minimum absolute atomic E-state index is 0.198. The van der Waals surface area contributed by atoms with E-state index in [-0.39, 0.29) is 11.6 Å². The fourth-order valence-corrected chi connectivity index (χ4v) is 2.99. The fraction of sp³-hybridized carbons (Fsp3) is 0. The van der Waals surface area contributed by atoms with Crippen molar-refractivity contribution in [3.8, 4) is 16.9 Å². The van der Waals surface area contributed by atoms with Crippen molar-refractivity contribution >= 4 is 11.8 Å². The zero-order chi connectivity index (χ0) is 14.7. The zero-order valence-corrected chi connectivity index (χ0v) is 12.0. The molecule has 0 unspecified atom stereocenters. The molecule has 0 amide bonds. The first-order valence-corrected chi connectivity index (χ1v) is 7.36. The second-order valence-electron chi connectivity index (χ2n) is 4.61. The summed E-state index contributed by atoms with van der Waals surface area (Å²) in [5, 5.41) is 10.00. The lowest BCUT2D eigenvalue weighted by Gasteiger charge is -2.08. The van der Waals surface area contributed by atoms with Gasteiger partial charge in [0.25, 0.3) is 0 Å². The number of benzene rings is 3. The average Bonchev–Trinajstić information content (AvgIpc) is 2.50. The zero-order valence-electron chi connectivity index (χ0n) is 11.2. The van der Waals surface area contributed by atoms with Crippen molar-refractivity contribution in [2.24, 2.45) is 0 Å². The van der Waals surface area contributed by atoms with Gasteiger partial charge in [-0.2, -0.15) is 0 Å². The van der Waals surface area contributed by atoms with Crippen LogP contribution in [0.15, 0.2) is 82.6 Å². The highest BCUT2D eigenvalue weighted by molar-refractivity contribution is 7.99. The van der Waals surface area contributed by atoms with Crippen molar-refractivity contribution in [3.05, 3.63) is 78.6 Å². The molecule has 0 aliphatic carbocycles. The smallest absolute Gasteiger partial charge is 0.129 e. The predicted molar refractivity (Wildman–Crippen MR) is 84.1 cm³/mol. The Morgan fingerprint density at radius 2 is 1.57 bits per heavy atom. The second-order valence-corrected chi connectivity index (χ2v) is 5.72. The Hall–Kier alpha value is -2.26. The van der Waals surface area contributed by atoms with Crippen LogP contribution in [0.3, 0.4) is 0 Å². The molecule has 3 rings (SSSR count). The normalized spacial score (nSPS) is 10.5. The SMILES string of the molecule is Oc1ccc(-c2ccccc2)cc1Sc1cccc(F)c1. The summed E-state index contributed by atoms with van der Waals surface area (Å²) in [4.78, 5) is 1.47. The molecule has 0 atom stereocenters. The Labute approximate surface area is 127 Å². The summed E-state index contributed by atoms with van der Waals surface area (Å²) < 4.78 is 13.2. The Morgan fingerprint density at radius 1 is 0.762 bits per heavy atom. The van der Waals surface area contributed by atoms with Gasteiger partial charge in [0, 0.05) is 4.90 Å². The van der Waals surface area contributed by atoms with Crippen molar-refractivity contribution in [1.82, 2.24) is 0 Å². The molecule has 1 nitrogen and oxygen atoms in total. The van der Waals surface area contributed by atoms with Gasteiger partial charge in [-0.25, -0.2) is 4.39 Å². The van der Waals surface area contributed by atoms with E-state index in [0.29, 0.717) is 4.90 Å². The molecule has 0 spiro atoms. The van der Waals surface area contributed by atoms with Crippen LogP contribution in [0.5, 0.6) is 5.75 Å². The summed E-state index contributed by atoms with van der Waals surface area (Å²) in [6.07, 6.45) is 0. The summed E-state index contributed by atoms with van der Waals surface area (Å²) in [5.74, 6) is -0.0809. The van der Waals surface area contributed by atoms with E-state index >= 15 is 0 Å². The molecule has 0 aliphatic heterocycles. The van der Waals surface area contributed by atoms with Crippen LogP contribution in [0.2, 0.25) is 0 Å². The van der Waals surface area contributed by atoms with E-state index in [1.54, 1.807) is 12.1 Å². The largest absolute Gasteiger partial charge is 0.507 e. The predicted octanol–water partition coefficient (Wildman–Crippen LogP) is 5.35. The van der Waals surface area contributed by atoms with Gasteiger partial charge in [0.05, 0.1) is 4.90 Å². The molecule has 3 heteroatoms. The maximum absolute atomic E-state index is 13.2. The van der Waals surface area contributed by atoms with Gasteiger partial charge in [-0.15, -0.1) is 0 Å². The first kappa shape index (κ1) is 13.7. The topological polar surface area (TPSA) is 20.2 Å². The summed E-state index contributed by atoms with van der Waals surface area (Å²) in [5.41, 5.74) is 2.10. The number of rotatable bonds is 3. The van der Waals surface area contributed by atoms with E-state index in [0.717, 1.165) is 16.0 Å². The third-order valence-electron chi connectivity index (χ3n) is 3.09. The molecule has 3 aromatic rings. The highest BCUT2D eigenvalue weighted by atomic mass is 32.2. The maximum atomic E-state index is 13.2. The van der Waals surface area contributed by atoms with Crippen LogP contribution < -0.4 is 0 Å². The maximum Gasteiger partial charge on any atom is 0.129 e. The number of phenols is 1. The molecule has 0 saturated carbocycles.